The normalized spacial score (nSPS) is 10.1. The van der Waals surface area contributed by atoms with E-state index in [9.17, 15) is 19.7 Å². The summed E-state index contributed by atoms with van der Waals surface area (Å²) < 4.78 is 0. The molecule has 2 amide bonds. The van der Waals surface area contributed by atoms with E-state index in [0.717, 1.165) is 5.56 Å². The van der Waals surface area contributed by atoms with E-state index in [1.807, 2.05) is 30.3 Å². The monoisotopic (exact) mass is 386 g/mol. The third-order valence-corrected chi connectivity index (χ3v) is 4.06. The first kappa shape index (κ1) is 20.0. The van der Waals surface area contributed by atoms with E-state index in [2.05, 4.69) is 5.32 Å². The number of benzene rings is 2. The van der Waals surface area contributed by atoms with Crippen molar-refractivity contribution < 1.29 is 14.5 Å². The van der Waals surface area contributed by atoms with Crippen LogP contribution < -0.4 is 11.1 Å². The first-order valence-corrected chi connectivity index (χ1v) is 8.45. The Bertz CT molecular complexity index is 857. The number of thiocarbonyl (C=S) groups is 1. The van der Waals surface area contributed by atoms with Crippen LogP contribution in [0.25, 0.3) is 0 Å². The van der Waals surface area contributed by atoms with Crippen molar-refractivity contribution in [3.05, 3.63) is 75.8 Å². The number of hydrogen-bond acceptors (Lipinski definition) is 5. The first-order chi connectivity index (χ1) is 12.9. The summed E-state index contributed by atoms with van der Waals surface area (Å²) in [5, 5.41) is 13.7. The minimum Gasteiger partial charge on any atom is -0.370 e. The van der Waals surface area contributed by atoms with Gasteiger partial charge in [-0.3, -0.25) is 25.0 Å². The number of carbonyl (C=O) groups excluding carboxylic acids is 2. The van der Waals surface area contributed by atoms with Crippen molar-refractivity contribution in [2.75, 3.05) is 6.54 Å². The second kappa shape index (κ2) is 9.39. The second-order valence-electron chi connectivity index (χ2n) is 5.66. The molecule has 140 valence electrons. The van der Waals surface area contributed by atoms with Gasteiger partial charge in [0.1, 0.15) is 5.56 Å². The van der Waals surface area contributed by atoms with Crippen LogP contribution in [-0.2, 0) is 11.3 Å². The molecule has 9 heteroatoms. The molecule has 2 rings (SSSR count). The van der Waals surface area contributed by atoms with Gasteiger partial charge >= 0.3 is 0 Å². The molecule has 0 fully saturated rings. The lowest BCUT2D eigenvalue weighted by molar-refractivity contribution is -0.385. The van der Waals surface area contributed by atoms with Gasteiger partial charge in [0.05, 0.1) is 4.92 Å². The molecule has 0 aromatic heterocycles. The van der Waals surface area contributed by atoms with Gasteiger partial charge in [0.15, 0.2) is 5.11 Å². The molecule has 27 heavy (non-hydrogen) atoms. The van der Waals surface area contributed by atoms with E-state index in [1.165, 1.54) is 24.3 Å². The van der Waals surface area contributed by atoms with Gasteiger partial charge in [-0.05, 0) is 23.8 Å². The maximum Gasteiger partial charge on any atom is 0.282 e. The fourth-order valence-electron chi connectivity index (χ4n) is 2.37. The second-order valence-corrected chi connectivity index (χ2v) is 6.04. The average Bonchev–Trinajstić information content (AvgIpc) is 2.65. The van der Waals surface area contributed by atoms with E-state index >= 15 is 0 Å². The first-order valence-electron chi connectivity index (χ1n) is 8.04. The van der Waals surface area contributed by atoms with Crippen LogP contribution in [0.3, 0.4) is 0 Å². The number of hydrogen-bond donors (Lipinski definition) is 2. The number of nitrogens with zero attached hydrogens (tertiary/aromatic N) is 2. The predicted molar refractivity (Wildman–Crippen MR) is 104 cm³/mol. The van der Waals surface area contributed by atoms with Crippen molar-refractivity contribution in [2.24, 2.45) is 5.73 Å². The third-order valence-electron chi connectivity index (χ3n) is 3.70. The largest absolute Gasteiger partial charge is 0.370 e. The maximum absolute atomic E-state index is 12.5. The van der Waals surface area contributed by atoms with Crippen molar-refractivity contribution in [3.8, 4) is 0 Å². The number of primary amides is 1. The topological polar surface area (TPSA) is 119 Å². The number of rotatable bonds is 7. The molecule has 8 nitrogen and oxygen atoms in total. The average molecular weight is 386 g/mol. The van der Waals surface area contributed by atoms with Gasteiger partial charge in [-0.15, -0.1) is 0 Å². The molecule has 0 bridgehead atoms. The summed E-state index contributed by atoms with van der Waals surface area (Å²) in [5.41, 5.74) is 5.72. The van der Waals surface area contributed by atoms with E-state index in [1.54, 1.807) is 4.90 Å². The molecule has 0 aliphatic heterocycles. The van der Waals surface area contributed by atoms with Crippen molar-refractivity contribution in [2.45, 2.75) is 13.0 Å². The summed E-state index contributed by atoms with van der Waals surface area (Å²) in [4.78, 5) is 35.7. The highest BCUT2D eigenvalue weighted by Gasteiger charge is 2.21. The van der Waals surface area contributed by atoms with Gasteiger partial charge < -0.3 is 10.6 Å². The number of nitrogens with one attached hydrogen (secondary N) is 1. The molecule has 2 aromatic carbocycles. The smallest absolute Gasteiger partial charge is 0.282 e. The summed E-state index contributed by atoms with van der Waals surface area (Å²) >= 11 is 5.28. The van der Waals surface area contributed by atoms with Gasteiger partial charge in [-0.25, -0.2) is 0 Å². The summed E-state index contributed by atoms with van der Waals surface area (Å²) in [6.45, 7) is 0.560. The van der Waals surface area contributed by atoms with E-state index in [0.29, 0.717) is 6.54 Å². The zero-order valence-corrected chi connectivity index (χ0v) is 15.1. The van der Waals surface area contributed by atoms with Gasteiger partial charge in [0.2, 0.25) is 5.91 Å². The van der Waals surface area contributed by atoms with Crippen LogP contribution in [0.4, 0.5) is 5.69 Å². The molecule has 0 spiro atoms. The Morgan fingerprint density at radius 2 is 1.74 bits per heavy atom. The Morgan fingerprint density at radius 3 is 2.37 bits per heavy atom. The zero-order chi connectivity index (χ0) is 19.8. The number of nitrogens with two attached hydrogens (primary N) is 1. The van der Waals surface area contributed by atoms with Gasteiger partial charge in [-0.1, -0.05) is 42.5 Å². The SMILES string of the molecule is NC(=O)CCN(Cc1ccccc1)C(=S)NC(=O)c1ccccc1[N+](=O)[O-]. The molecule has 0 heterocycles. The van der Waals surface area contributed by atoms with E-state index in [4.69, 9.17) is 18.0 Å². The van der Waals surface area contributed by atoms with Crippen LogP contribution in [0.1, 0.15) is 22.3 Å². The summed E-state index contributed by atoms with van der Waals surface area (Å²) in [6, 6.07) is 14.9. The standard InChI is InChI=1S/C18H18N4O4S/c19-16(23)10-11-21(12-13-6-2-1-3-7-13)18(27)20-17(24)14-8-4-5-9-15(14)22(25)26/h1-9H,10-12H2,(H2,19,23)(H,20,24,27). The number of para-hydroxylation sites is 1. The highest BCUT2D eigenvalue weighted by Crippen LogP contribution is 2.17. The molecule has 3 N–H and O–H groups in total. The summed E-state index contributed by atoms with van der Waals surface area (Å²) in [7, 11) is 0. The molecule has 0 unspecified atom stereocenters. The highest BCUT2D eigenvalue weighted by atomic mass is 32.1. The van der Waals surface area contributed by atoms with E-state index in [-0.39, 0.29) is 29.3 Å². The Labute approximate surface area is 161 Å². The number of nitro benzene ring substituents is 1. The Kier molecular flexibility index (Phi) is 6.95. The molecular weight excluding hydrogens is 368 g/mol. The van der Waals surface area contributed by atoms with Gasteiger partial charge in [0, 0.05) is 25.6 Å². The van der Waals surface area contributed by atoms with Crippen molar-refractivity contribution >= 4 is 34.8 Å². The summed E-state index contributed by atoms with van der Waals surface area (Å²) in [6.07, 6.45) is 0.0499. The van der Waals surface area contributed by atoms with Crippen molar-refractivity contribution in [1.29, 1.82) is 0 Å². The van der Waals surface area contributed by atoms with Crippen LogP contribution in [-0.4, -0.2) is 33.3 Å². The van der Waals surface area contributed by atoms with Crippen LogP contribution in [0, 0.1) is 10.1 Å². The number of amides is 2. The van der Waals surface area contributed by atoms with Gasteiger partial charge in [-0.2, -0.15) is 0 Å². The number of nitro groups is 1. The Hall–Kier alpha value is -3.33. The number of carbonyl (C=O) groups is 2. The highest BCUT2D eigenvalue weighted by molar-refractivity contribution is 7.80. The predicted octanol–water partition coefficient (Wildman–Crippen LogP) is 1.99. The molecule has 2 aromatic rings. The fourth-order valence-corrected chi connectivity index (χ4v) is 2.62. The molecule has 0 aliphatic carbocycles. The molecular formula is C18H18N4O4S. The minimum atomic E-state index is -0.690. The van der Waals surface area contributed by atoms with Crippen LogP contribution in [0.15, 0.2) is 54.6 Å². The van der Waals surface area contributed by atoms with Crippen LogP contribution >= 0.6 is 12.2 Å². The lowest BCUT2D eigenvalue weighted by atomic mass is 10.1. The Morgan fingerprint density at radius 1 is 1.11 bits per heavy atom. The quantitative estimate of drug-likeness (QED) is 0.427. The molecule has 0 radical (unpaired) electrons. The summed E-state index contributed by atoms with van der Waals surface area (Å²) in [5.74, 6) is -1.19. The fraction of sp³-hybridized carbons (Fsp3) is 0.167. The third kappa shape index (κ3) is 5.86. The Balaban J connectivity index is 2.15. The van der Waals surface area contributed by atoms with Gasteiger partial charge in [0.25, 0.3) is 11.6 Å². The van der Waals surface area contributed by atoms with Crippen molar-refractivity contribution in [3.63, 3.8) is 0 Å². The van der Waals surface area contributed by atoms with Crippen LogP contribution in [0.2, 0.25) is 0 Å². The molecule has 0 aliphatic rings. The molecule has 0 saturated heterocycles. The van der Waals surface area contributed by atoms with Crippen molar-refractivity contribution in [1.82, 2.24) is 10.2 Å². The molecule has 0 saturated carbocycles. The maximum atomic E-state index is 12.5. The van der Waals surface area contributed by atoms with E-state index < -0.39 is 16.7 Å². The van der Waals surface area contributed by atoms with Crippen LogP contribution in [0.5, 0.6) is 0 Å². The molecule has 0 atom stereocenters. The lowest BCUT2D eigenvalue weighted by Crippen LogP contribution is -2.43. The lowest BCUT2D eigenvalue weighted by Gasteiger charge is -2.25. The minimum absolute atomic E-state index is 0.0499. The zero-order valence-electron chi connectivity index (χ0n) is 14.3.